The highest BCUT2D eigenvalue weighted by atomic mass is 35.5. The van der Waals surface area contributed by atoms with Crippen molar-refractivity contribution in [2.75, 3.05) is 6.54 Å². The number of hydrogen-bond donors (Lipinski definition) is 1. The summed E-state index contributed by atoms with van der Waals surface area (Å²) >= 11 is 5.81. The molecule has 6 heteroatoms. The van der Waals surface area contributed by atoms with Crippen molar-refractivity contribution in [3.05, 3.63) is 64.9 Å². The maximum Gasteiger partial charge on any atom is 0.194 e. The van der Waals surface area contributed by atoms with Gasteiger partial charge in [-0.1, -0.05) is 29.8 Å². The Kier molecular flexibility index (Phi) is 4.21. The number of halogens is 2. The van der Waals surface area contributed by atoms with Gasteiger partial charge in [0.05, 0.1) is 4.90 Å². The zero-order chi connectivity index (χ0) is 15.7. The van der Waals surface area contributed by atoms with Gasteiger partial charge < -0.3 is 5.32 Å². The monoisotopic (exact) mass is 339 g/mol. The molecule has 0 saturated carbocycles. The van der Waals surface area contributed by atoms with Gasteiger partial charge in [-0.2, -0.15) is 0 Å². The minimum atomic E-state index is -3.61. The average molecular weight is 340 g/mol. The van der Waals surface area contributed by atoms with Crippen LogP contribution < -0.4 is 5.32 Å². The van der Waals surface area contributed by atoms with Gasteiger partial charge in [-0.15, -0.1) is 0 Å². The van der Waals surface area contributed by atoms with Gasteiger partial charge in [-0.25, -0.2) is 12.8 Å². The van der Waals surface area contributed by atoms with E-state index in [1.165, 1.54) is 18.2 Å². The Bertz CT molecular complexity index is 777. The smallest absolute Gasteiger partial charge is 0.194 e. The van der Waals surface area contributed by atoms with E-state index in [9.17, 15) is 12.8 Å². The summed E-state index contributed by atoms with van der Waals surface area (Å²) in [6.45, 7) is 0.538. The molecule has 1 aliphatic heterocycles. The van der Waals surface area contributed by atoms with Crippen LogP contribution in [0.25, 0.3) is 0 Å². The summed E-state index contributed by atoms with van der Waals surface area (Å²) in [6.07, 6.45) is 0.582. The van der Waals surface area contributed by atoms with Crippen LogP contribution in [0.1, 0.15) is 17.9 Å². The average Bonchev–Trinajstić information content (AvgIpc) is 2.98. The number of nitrogens with one attached hydrogen (secondary N) is 1. The Labute approximate surface area is 134 Å². The molecule has 22 heavy (non-hydrogen) atoms. The van der Waals surface area contributed by atoms with Crippen LogP contribution in [-0.2, 0) is 9.84 Å². The van der Waals surface area contributed by atoms with Crippen molar-refractivity contribution in [1.82, 2.24) is 5.32 Å². The second-order valence-electron chi connectivity index (χ2n) is 5.29. The largest absolute Gasteiger partial charge is 0.300 e. The zero-order valence-corrected chi connectivity index (χ0v) is 13.2. The molecular weight excluding hydrogens is 325 g/mol. The van der Waals surface area contributed by atoms with E-state index < -0.39 is 21.1 Å². The molecule has 0 spiro atoms. The molecule has 0 bridgehead atoms. The number of sulfone groups is 1. The first-order valence-electron chi connectivity index (χ1n) is 6.97. The van der Waals surface area contributed by atoms with Crippen LogP contribution in [0.2, 0.25) is 5.02 Å². The molecule has 1 saturated heterocycles. The highest BCUT2D eigenvalue weighted by Crippen LogP contribution is 2.35. The van der Waals surface area contributed by atoms with E-state index in [0.29, 0.717) is 23.6 Å². The van der Waals surface area contributed by atoms with Crippen LogP contribution in [0.5, 0.6) is 0 Å². The fourth-order valence-electron chi connectivity index (χ4n) is 2.87. The van der Waals surface area contributed by atoms with Crippen molar-refractivity contribution >= 4 is 21.4 Å². The first-order chi connectivity index (χ1) is 10.5. The Balaban J connectivity index is 1.99. The molecule has 0 aromatic heterocycles. The molecule has 0 radical (unpaired) electrons. The second kappa shape index (κ2) is 5.99. The quantitative estimate of drug-likeness (QED) is 0.932. The third kappa shape index (κ3) is 2.76. The molecule has 3 nitrogen and oxygen atoms in total. The van der Waals surface area contributed by atoms with Crippen molar-refractivity contribution in [2.24, 2.45) is 0 Å². The molecular formula is C16H15ClFNO2S. The minimum Gasteiger partial charge on any atom is -0.300 e. The normalized spacial score (nSPS) is 21.9. The van der Waals surface area contributed by atoms with E-state index in [2.05, 4.69) is 5.32 Å². The van der Waals surface area contributed by atoms with E-state index in [1.807, 2.05) is 0 Å². The van der Waals surface area contributed by atoms with Crippen LogP contribution in [0.4, 0.5) is 4.39 Å². The highest BCUT2D eigenvalue weighted by Gasteiger charge is 2.39. The third-order valence-corrected chi connectivity index (χ3v) is 6.29. The standard InChI is InChI=1S/C16H15ClFNO2S/c17-11-5-7-12(8-6-11)22(20,21)16-14(9-10-19-16)13-3-1-2-4-15(13)18/h1-8,14,16,19H,9-10H2. The van der Waals surface area contributed by atoms with Crippen LogP contribution in [0, 0.1) is 5.82 Å². The molecule has 1 N–H and O–H groups in total. The maximum absolute atomic E-state index is 14.0. The lowest BCUT2D eigenvalue weighted by atomic mass is 9.98. The highest BCUT2D eigenvalue weighted by molar-refractivity contribution is 7.92. The first-order valence-corrected chi connectivity index (χ1v) is 8.90. The van der Waals surface area contributed by atoms with Crippen molar-refractivity contribution in [1.29, 1.82) is 0 Å². The van der Waals surface area contributed by atoms with Gasteiger partial charge >= 0.3 is 0 Å². The molecule has 2 aromatic rings. The van der Waals surface area contributed by atoms with Crippen molar-refractivity contribution in [3.63, 3.8) is 0 Å². The molecule has 2 atom stereocenters. The summed E-state index contributed by atoms with van der Waals surface area (Å²) in [5.41, 5.74) is 0.440. The molecule has 0 aliphatic carbocycles. The number of rotatable bonds is 3. The molecule has 2 aromatic carbocycles. The van der Waals surface area contributed by atoms with Crippen molar-refractivity contribution in [2.45, 2.75) is 22.6 Å². The molecule has 1 heterocycles. The van der Waals surface area contributed by atoms with Gasteiger partial charge in [-0.05, 0) is 48.9 Å². The molecule has 2 unspecified atom stereocenters. The number of hydrogen-bond acceptors (Lipinski definition) is 3. The lowest BCUT2D eigenvalue weighted by Gasteiger charge is -2.21. The SMILES string of the molecule is O=S(=O)(c1ccc(Cl)cc1)C1NCCC1c1ccccc1F. The molecule has 0 amide bonds. The summed E-state index contributed by atoms with van der Waals surface area (Å²) in [5, 5.41) is 2.65. The van der Waals surface area contributed by atoms with Crippen LogP contribution in [0.15, 0.2) is 53.4 Å². The Morgan fingerprint density at radius 1 is 1.09 bits per heavy atom. The topological polar surface area (TPSA) is 46.2 Å². The fourth-order valence-corrected chi connectivity index (χ4v) is 4.85. The Morgan fingerprint density at radius 2 is 1.77 bits per heavy atom. The summed E-state index contributed by atoms with van der Waals surface area (Å²) in [7, 11) is -3.61. The second-order valence-corrected chi connectivity index (χ2v) is 7.80. The van der Waals surface area contributed by atoms with E-state index in [0.717, 1.165) is 0 Å². The predicted molar refractivity (Wildman–Crippen MR) is 84.2 cm³/mol. The molecule has 1 fully saturated rings. The molecule has 1 aliphatic rings. The summed E-state index contributed by atoms with van der Waals surface area (Å²) in [4.78, 5) is 0.192. The Hall–Kier alpha value is -1.43. The predicted octanol–water partition coefficient (Wildman–Crippen LogP) is 3.36. The first kappa shape index (κ1) is 15.5. The van der Waals surface area contributed by atoms with Gasteiger partial charge in [0, 0.05) is 10.9 Å². The zero-order valence-electron chi connectivity index (χ0n) is 11.7. The van der Waals surface area contributed by atoms with Gasteiger partial charge in [-0.3, -0.25) is 0 Å². The van der Waals surface area contributed by atoms with E-state index in [-0.39, 0.29) is 10.7 Å². The van der Waals surface area contributed by atoms with Gasteiger partial charge in [0.15, 0.2) is 9.84 Å². The van der Waals surface area contributed by atoms with Crippen molar-refractivity contribution in [3.8, 4) is 0 Å². The van der Waals surface area contributed by atoms with E-state index >= 15 is 0 Å². The summed E-state index contributed by atoms with van der Waals surface area (Å²) in [5.74, 6) is -0.769. The van der Waals surface area contributed by atoms with E-state index in [4.69, 9.17) is 11.6 Å². The molecule has 3 rings (SSSR count). The van der Waals surface area contributed by atoms with Gasteiger partial charge in [0.1, 0.15) is 11.2 Å². The van der Waals surface area contributed by atoms with Crippen molar-refractivity contribution < 1.29 is 12.8 Å². The molecule has 116 valence electrons. The summed E-state index contributed by atoms with van der Waals surface area (Å²) in [6, 6.07) is 12.4. The minimum absolute atomic E-state index is 0.192. The van der Waals surface area contributed by atoms with E-state index in [1.54, 1.807) is 30.3 Å². The Morgan fingerprint density at radius 3 is 2.45 bits per heavy atom. The number of benzene rings is 2. The third-order valence-electron chi connectivity index (χ3n) is 3.95. The van der Waals surface area contributed by atoms with Crippen LogP contribution in [0.3, 0.4) is 0 Å². The lowest BCUT2D eigenvalue weighted by molar-refractivity contribution is 0.544. The van der Waals surface area contributed by atoms with Gasteiger partial charge in [0.25, 0.3) is 0 Å². The van der Waals surface area contributed by atoms with Crippen LogP contribution in [-0.4, -0.2) is 20.3 Å². The lowest BCUT2D eigenvalue weighted by Crippen LogP contribution is -2.35. The maximum atomic E-state index is 14.0. The van der Waals surface area contributed by atoms with Gasteiger partial charge in [0.2, 0.25) is 0 Å². The van der Waals surface area contributed by atoms with Crippen LogP contribution >= 0.6 is 11.6 Å². The fraction of sp³-hybridized carbons (Fsp3) is 0.250. The summed E-state index contributed by atoms with van der Waals surface area (Å²) < 4.78 is 39.6.